The number of hydrogen-bond donors (Lipinski definition) is 1. The number of rotatable bonds is 4. The predicted octanol–water partition coefficient (Wildman–Crippen LogP) is 2.75. The van der Waals surface area contributed by atoms with Crippen LogP contribution in [-0.4, -0.2) is 18.2 Å². The highest BCUT2D eigenvalue weighted by molar-refractivity contribution is 7.12. The molecule has 0 spiro atoms. The minimum atomic E-state index is -0.100. The van der Waals surface area contributed by atoms with Gasteiger partial charge in [-0.2, -0.15) is 0 Å². The van der Waals surface area contributed by atoms with Crippen LogP contribution < -0.4 is 5.73 Å². The minimum Gasteiger partial charge on any atom is -0.376 e. The molecule has 1 saturated heterocycles. The number of nitrogens with two attached hydrogens (primary N) is 1. The Morgan fingerprint density at radius 2 is 2.18 bits per heavy atom. The van der Waals surface area contributed by atoms with E-state index in [1.807, 2.05) is 11.3 Å². The molecular weight excluding hydrogens is 230 g/mol. The van der Waals surface area contributed by atoms with Crippen LogP contribution in [0.3, 0.4) is 0 Å². The second-order valence-corrected chi connectivity index (χ2v) is 6.76. The quantitative estimate of drug-likeness (QED) is 0.893. The Kier molecular flexibility index (Phi) is 3.01. The van der Waals surface area contributed by atoms with Gasteiger partial charge in [-0.05, 0) is 43.7 Å². The molecule has 2 atom stereocenters. The van der Waals surface area contributed by atoms with Crippen LogP contribution in [0.25, 0.3) is 0 Å². The van der Waals surface area contributed by atoms with Crippen LogP contribution in [0.5, 0.6) is 0 Å². The summed E-state index contributed by atoms with van der Waals surface area (Å²) in [7, 11) is 0. The topological polar surface area (TPSA) is 35.2 Å². The molecule has 2 unspecified atom stereocenters. The molecule has 1 aliphatic heterocycles. The first kappa shape index (κ1) is 11.7. The van der Waals surface area contributed by atoms with Gasteiger partial charge in [-0.25, -0.2) is 0 Å². The summed E-state index contributed by atoms with van der Waals surface area (Å²) >= 11 is 1.92. The molecule has 1 aliphatic carbocycles. The van der Waals surface area contributed by atoms with Crippen LogP contribution in [0.15, 0.2) is 12.1 Å². The van der Waals surface area contributed by atoms with Gasteiger partial charge in [-0.15, -0.1) is 11.3 Å². The van der Waals surface area contributed by atoms with Gasteiger partial charge in [0.2, 0.25) is 0 Å². The van der Waals surface area contributed by atoms with Gasteiger partial charge in [-0.1, -0.05) is 6.92 Å². The first-order valence-corrected chi connectivity index (χ1v) is 7.51. The minimum absolute atomic E-state index is 0.100. The zero-order chi connectivity index (χ0) is 11.9. The number of thiophene rings is 1. The average molecular weight is 251 g/mol. The molecule has 0 aromatic carbocycles. The molecule has 17 heavy (non-hydrogen) atoms. The van der Waals surface area contributed by atoms with E-state index in [2.05, 4.69) is 19.1 Å². The van der Waals surface area contributed by atoms with E-state index < -0.39 is 0 Å². The molecule has 2 fully saturated rings. The summed E-state index contributed by atoms with van der Waals surface area (Å²) in [6, 6.07) is 4.49. The Labute approximate surface area is 107 Å². The Hall–Kier alpha value is -0.380. The van der Waals surface area contributed by atoms with E-state index in [-0.39, 0.29) is 5.54 Å². The molecule has 94 valence electrons. The van der Waals surface area contributed by atoms with Crippen LogP contribution >= 0.6 is 11.3 Å². The van der Waals surface area contributed by atoms with Crippen molar-refractivity contribution in [3.05, 3.63) is 21.9 Å². The standard InChI is InChI=1S/C14H21NOS/c1-2-11-5-6-12(17-11)9-14(15)7-8-16-13(14)10-3-4-10/h5-6,10,13H,2-4,7-9,15H2,1H3. The third-order valence-corrected chi connectivity index (χ3v) is 5.28. The van der Waals surface area contributed by atoms with Crippen molar-refractivity contribution in [2.45, 2.75) is 50.7 Å². The van der Waals surface area contributed by atoms with Gasteiger partial charge in [-0.3, -0.25) is 0 Å². The first-order valence-electron chi connectivity index (χ1n) is 6.69. The second kappa shape index (κ2) is 4.38. The first-order chi connectivity index (χ1) is 8.21. The number of ether oxygens (including phenoxy) is 1. The van der Waals surface area contributed by atoms with Crippen molar-refractivity contribution in [1.29, 1.82) is 0 Å². The van der Waals surface area contributed by atoms with E-state index in [9.17, 15) is 0 Å². The van der Waals surface area contributed by atoms with E-state index in [1.165, 1.54) is 22.6 Å². The van der Waals surface area contributed by atoms with Crippen LogP contribution in [-0.2, 0) is 17.6 Å². The summed E-state index contributed by atoms with van der Waals surface area (Å²) in [4.78, 5) is 2.89. The molecule has 3 heteroatoms. The fourth-order valence-electron chi connectivity index (χ4n) is 2.91. The Bertz CT molecular complexity index is 399. The van der Waals surface area contributed by atoms with E-state index >= 15 is 0 Å². The van der Waals surface area contributed by atoms with Crippen molar-refractivity contribution in [1.82, 2.24) is 0 Å². The highest BCUT2D eigenvalue weighted by atomic mass is 32.1. The smallest absolute Gasteiger partial charge is 0.0786 e. The Morgan fingerprint density at radius 1 is 1.41 bits per heavy atom. The van der Waals surface area contributed by atoms with Crippen molar-refractivity contribution in [3.63, 3.8) is 0 Å². The molecule has 1 saturated carbocycles. The monoisotopic (exact) mass is 251 g/mol. The number of aryl methyl sites for hydroxylation is 1. The summed E-state index contributed by atoms with van der Waals surface area (Å²) < 4.78 is 5.88. The van der Waals surface area contributed by atoms with Crippen molar-refractivity contribution in [2.75, 3.05) is 6.61 Å². The van der Waals surface area contributed by atoms with Crippen LogP contribution in [0.1, 0.15) is 35.9 Å². The Balaban J connectivity index is 1.73. The molecule has 2 aliphatic rings. The van der Waals surface area contributed by atoms with Crippen molar-refractivity contribution in [2.24, 2.45) is 11.7 Å². The van der Waals surface area contributed by atoms with E-state index in [0.717, 1.165) is 31.8 Å². The predicted molar refractivity (Wildman–Crippen MR) is 71.4 cm³/mol. The molecule has 2 nitrogen and oxygen atoms in total. The largest absolute Gasteiger partial charge is 0.376 e. The van der Waals surface area contributed by atoms with Crippen molar-refractivity contribution < 1.29 is 4.74 Å². The van der Waals surface area contributed by atoms with Crippen molar-refractivity contribution in [3.8, 4) is 0 Å². The highest BCUT2D eigenvalue weighted by Crippen LogP contribution is 2.43. The summed E-state index contributed by atoms with van der Waals surface area (Å²) in [5.74, 6) is 0.744. The van der Waals surface area contributed by atoms with E-state index in [1.54, 1.807) is 0 Å². The lowest BCUT2D eigenvalue weighted by molar-refractivity contribution is 0.0629. The van der Waals surface area contributed by atoms with Crippen molar-refractivity contribution >= 4 is 11.3 Å². The lowest BCUT2D eigenvalue weighted by Crippen LogP contribution is -2.50. The summed E-state index contributed by atoms with van der Waals surface area (Å²) in [6.07, 6.45) is 6.09. The van der Waals surface area contributed by atoms with E-state index in [0.29, 0.717) is 6.10 Å². The van der Waals surface area contributed by atoms with E-state index in [4.69, 9.17) is 10.5 Å². The summed E-state index contributed by atoms with van der Waals surface area (Å²) in [5.41, 5.74) is 6.51. The fraction of sp³-hybridized carbons (Fsp3) is 0.714. The maximum Gasteiger partial charge on any atom is 0.0786 e. The average Bonchev–Trinajstić information content (AvgIpc) is 2.94. The second-order valence-electron chi connectivity index (χ2n) is 5.51. The molecule has 2 heterocycles. The van der Waals surface area contributed by atoms with Crippen LogP contribution in [0.4, 0.5) is 0 Å². The van der Waals surface area contributed by atoms with Gasteiger partial charge in [0.25, 0.3) is 0 Å². The molecule has 1 aromatic rings. The lowest BCUT2D eigenvalue weighted by Gasteiger charge is -2.29. The lowest BCUT2D eigenvalue weighted by atomic mass is 9.85. The van der Waals surface area contributed by atoms with Gasteiger partial charge < -0.3 is 10.5 Å². The van der Waals surface area contributed by atoms with Gasteiger partial charge >= 0.3 is 0 Å². The number of hydrogen-bond acceptors (Lipinski definition) is 3. The van der Waals surface area contributed by atoms with Gasteiger partial charge in [0.15, 0.2) is 0 Å². The molecule has 1 aromatic heterocycles. The van der Waals surface area contributed by atoms with Crippen LogP contribution in [0.2, 0.25) is 0 Å². The van der Waals surface area contributed by atoms with Gasteiger partial charge in [0.05, 0.1) is 6.10 Å². The zero-order valence-electron chi connectivity index (χ0n) is 10.4. The summed E-state index contributed by atoms with van der Waals surface area (Å²) in [6.45, 7) is 3.06. The molecule has 3 rings (SSSR count). The maximum atomic E-state index is 6.61. The SMILES string of the molecule is CCc1ccc(CC2(N)CCOC2C2CC2)s1. The molecule has 0 amide bonds. The molecule has 0 bridgehead atoms. The third-order valence-electron chi connectivity index (χ3n) is 4.05. The summed E-state index contributed by atoms with van der Waals surface area (Å²) in [5, 5.41) is 0. The fourth-order valence-corrected chi connectivity index (χ4v) is 4.00. The van der Waals surface area contributed by atoms with Gasteiger partial charge in [0.1, 0.15) is 0 Å². The normalized spacial score (nSPS) is 33.2. The van der Waals surface area contributed by atoms with Gasteiger partial charge in [0, 0.05) is 28.3 Å². The zero-order valence-corrected chi connectivity index (χ0v) is 11.3. The molecular formula is C14H21NOS. The molecule has 0 radical (unpaired) electrons. The highest BCUT2D eigenvalue weighted by Gasteiger charge is 2.48. The maximum absolute atomic E-state index is 6.61. The third kappa shape index (κ3) is 2.28. The Morgan fingerprint density at radius 3 is 2.82 bits per heavy atom. The van der Waals surface area contributed by atoms with Crippen LogP contribution in [0, 0.1) is 5.92 Å². The molecule has 2 N–H and O–H groups in total.